The summed E-state index contributed by atoms with van der Waals surface area (Å²) >= 11 is 0. The number of aromatic amines is 1. The average molecular weight is 98.1 g/mol. The van der Waals surface area contributed by atoms with Crippen molar-refractivity contribution < 1.29 is 4.68 Å². The Morgan fingerprint density at radius 3 is 2.71 bits per heavy atom. The van der Waals surface area contributed by atoms with E-state index in [0.29, 0.717) is 0 Å². The maximum atomic E-state index is 5.33. The van der Waals surface area contributed by atoms with Crippen molar-refractivity contribution in [2.24, 2.45) is 0 Å². The topological polar surface area (TPSA) is 45.7 Å². The molecule has 7 heavy (non-hydrogen) atoms. The molecule has 0 fully saturated rings. The molecule has 3 nitrogen and oxygen atoms in total. The van der Waals surface area contributed by atoms with Crippen LogP contribution in [0.1, 0.15) is 5.82 Å². The Hall–Kier alpha value is -0.990. The number of rotatable bonds is 0. The SMILES string of the molecule is Cc1[nH]cc[n+]1N. The fourth-order valence-corrected chi connectivity index (χ4v) is 0.425. The average Bonchev–Trinajstić information content (AvgIpc) is 1.91. The lowest BCUT2D eigenvalue weighted by molar-refractivity contribution is -0.644. The van der Waals surface area contributed by atoms with Crippen LogP contribution in [-0.2, 0) is 0 Å². The standard InChI is InChI=1S/C4H7N3/c1-4-6-2-3-7(4)5/h2-3H,5H2,1H3/p+1. The van der Waals surface area contributed by atoms with Crippen molar-refractivity contribution in [1.29, 1.82) is 0 Å². The first-order valence-corrected chi connectivity index (χ1v) is 2.11. The highest BCUT2D eigenvalue weighted by molar-refractivity contribution is 4.69. The summed E-state index contributed by atoms with van der Waals surface area (Å²) in [5.41, 5.74) is 0. The number of nitrogens with two attached hydrogens (primary N) is 1. The number of aromatic nitrogens is 2. The molecule has 38 valence electrons. The molecule has 1 rings (SSSR count). The van der Waals surface area contributed by atoms with Gasteiger partial charge in [-0.3, -0.25) is 5.84 Å². The van der Waals surface area contributed by atoms with E-state index in [9.17, 15) is 0 Å². The molecule has 1 aromatic rings. The van der Waals surface area contributed by atoms with Crippen molar-refractivity contribution in [1.82, 2.24) is 4.98 Å². The molecule has 0 aromatic carbocycles. The molecule has 1 aromatic heterocycles. The summed E-state index contributed by atoms with van der Waals surface area (Å²) in [7, 11) is 0. The van der Waals surface area contributed by atoms with Gasteiger partial charge in [-0.2, -0.15) is 0 Å². The van der Waals surface area contributed by atoms with E-state index in [1.807, 2.05) is 6.92 Å². The Bertz CT molecular complexity index is 139. The number of hydrogen-bond donors (Lipinski definition) is 2. The van der Waals surface area contributed by atoms with Crippen LogP contribution in [0.3, 0.4) is 0 Å². The third kappa shape index (κ3) is 0.559. The quantitative estimate of drug-likeness (QED) is 0.328. The van der Waals surface area contributed by atoms with Crippen LogP contribution in [-0.4, -0.2) is 4.98 Å². The lowest BCUT2D eigenvalue weighted by Crippen LogP contribution is -2.44. The fraction of sp³-hybridized carbons (Fsp3) is 0.250. The molecule has 3 N–H and O–H groups in total. The summed E-state index contributed by atoms with van der Waals surface area (Å²) in [4.78, 5) is 2.91. The largest absolute Gasteiger partial charge is 0.274 e. The normalized spacial score (nSPS) is 9.29. The number of H-pyrrole nitrogens is 1. The summed E-state index contributed by atoms with van der Waals surface area (Å²) in [6.45, 7) is 1.90. The molecule has 0 spiro atoms. The van der Waals surface area contributed by atoms with E-state index in [4.69, 9.17) is 5.84 Å². The zero-order chi connectivity index (χ0) is 5.28. The molecule has 0 bridgehead atoms. The van der Waals surface area contributed by atoms with Gasteiger partial charge in [-0.15, -0.1) is 4.68 Å². The molecule has 0 radical (unpaired) electrons. The zero-order valence-electron chi connectivity index (χ0n) is 4.18. The fourth-order valence-electron chi connectivity index (χ4n) is 0.425. The second-order valence-corrected chi connectivity index (χ2v) is 1.45. The minimum Gasteiger partial charge on any atom is -0.269 e. The number of nitrogens with zero attached hydrogens (tertiary/aromatic N) is 1. The first-order chi connectivity index (χ1) is 3.30. The Kier molecular flexibility index (Phi) is 0.749. The molecular formula is C4H8N3+. The van der Waals surface area contributed by atoms with Gasteiger partial charge in [-0.25, -0.2) is 4.98 Å². The third-order valence-electron chi connectivity index (χ3n) is 0.915. The van der Waals surface area contributed by atoms with Gasteiger partial charge in [-0.1, -0.05) is 0 Å². The lowest BCUT2D eigenvalue weighted by Gasteiger charge is -1.77. The van der Waals surface area contributed by atoms with Crippen molar-refractivity contribution >= 4 is 0 Å². The Labute approximate surface area is 41.7 Å². The van der Waals surface area contributed by atoms with Crippen LogP contribution in [0, 0.1) is 6.92 Å². The smallest absolute Gasteiger partial charge is 0.269 e. The summed E-state index contributed by atoms with van der Waals surface area (Å²) in [5.74, 6) is 6.28. The zero-order valence-corrected chi connectivity index (χ0v) is 4.18. The number of imidazole rings is 1. The highest BCUT2D eigenvalue weighted by Crippen LogP contribution is 1.73. The van der Waals surface area contributed by atoms with Gasteiger partial charge >= 0.3 is 0 Å². The van der Waals surface area contributed by atoms with E-state index >= 15 is 0 Å². The molecule has 0 saturated carbocycles. The Morgan fingerprint density at radius 2 is 2.57 bits per heavy atom. The van der Waals surface area contributed by atoms with Crippen molar-refractivity contribution in [3.8, 4) is 0 Å². The van der Waals surface area contributed by atoms with E-state index < -0.39 is 0 Å². The van der Waals surface area contributed by atoms with Crippen LogP contribution in [0.5, 0.6) is 0 Å². The summed E-state index contributed by atoms with van der Waals surface area (Å²) in [6, 6.07) is 0. The minimum atomic E-state index is 0.958. The molecule has 0 aliphatic rings. The van der Waals surface area contributed by atoms with Gasteiger partial charge in [0.05, 0.1) is 0 Å². The van der Waals surface area contributed by atoms with Crippen LogP contribution in [0.2, 0.25) is 0 Å². The molecule has 3 heteroatoms. The van der Waals surface area contributed by atoms with E-state index in [2.05, 4.69) is 4.98 Å². The predicted octanol–water partition coefficient (Wildman–Crippen LogP) is -0.676. The minimum absolute atomic E-state index is 0.958. The number of nitrogen functional groups attached to an aromatic ring is 1. The molecule has 1 heterocycles. The summed E-state index contributed by atoms with van der Waals surface area (Å²) in [6.07, 6.45) is 3.55. The number of hydrogen-bond acceptors (Lipinski definition) is 1. The van der Waals surface area contributed by atoms with Gasteiger partial charge in [0.25, 0.3) is 5.82 Å². The van der Waals surface area contributed by atoms with Crippen LogP contribution < -0.4 is 10.5 Å². The van der Waals surface area contributed by atoms with Gasteiger partial charge in [0.2, 0.25) is 0 Å². The molecule has 0 amide bonds. The van der Waals surface area contributed by atoms with Gasteiger partial charge in [-0.05, 0) is 0 Å². The maximum absolute atomic E-state index is 5.33. The van der Waals surface area contributed by atoms with E-state index in [1.54, 1.807) is 12.4 Å². The van der Waals surface area contributed by atoms with E-state index in [1.165, 1.54) is 4.68 Å². The second-order valence-electron chi connectivity index (χ2n) is 1.45. The van der Waals surface area contributed by atoms with Crippen molar-refractivity contribution in [3.05, 3.63) is 18.2 Å². The summed E-state index contributed by atoms with van der Waals surface area (Å²) < 4.78 is 1.53. The highest BCUT2D eigenvalue weighted by atomic mass is 15.3. The van der Waals surface area contributed by atoms with E-state index in [-0.39, 0.29) is 0 Å². The molecular weight excluding hydrogens is 90.1 g/mol. The van der Waals surface area contributed by atoms with Gasteiger partial charge < -0.3 is 0 Å². The molecule has 0 aliphatic carbocycles. The van der Waals surface area contributed by atoms with Crippen molar-refractivity contribution in [2.45, 2.75) is 6.92 Å². The van der Waals surface area contributed by atoms with E-state index in [0.717, 1.165) is 5.82 Å². The highest BCUT2D eigenvalue weighted by Gasteiger charge is 1.94. The summed E-state index contributed by atoms with van der Waals surface area (Å²) in [5, 5.41) is 0. The number of nitrogens with one attached hydrogen (secondary N) is 1. The monoisotopic (exact) mass is 98.1 g/mol. The molecule has 0 atom stereocenters. The Morgan fingerprint density at radius 1 is 1.86 bits per heavy atom. The van der Waals surface area contributed by atoms with Crippen LogP contribution >= 0.6 is 0 Å². The van der Waals surface area contributed by atoms with Crippen LogP contribution in [0.15, 0.2) is 12.4 Å². The predicted molar refractivity (Wildman–Crippen MR) is 25.9 cm³/mol. The number of aryl methyl sites for hydroxylation is 1. The first kappa shape index (κ1) is 4.18. The maximum Gasteiger partial charge on any atom is 0.274 e. The van der Waals surface area contributed by atoms with Crippen LogP contribution in [0.4, 0.5) is 0 Å². The molecule has 0 aliphatic heterocycles. The lowest BCUT2D eigenvalue weighted by atomic mass is 10.7. The second kappa shape index (κ2) is 1.26. The van der Waals surface area contributed by atoms with Gasteiger partial charge in [0.15, 0.2) is 6.20 Å². The molecule has 0 saturated heterocycles. The first-order valence-electron chi connectivity index (χ1n) is 2.11. The van der Waals surface area contributed by atoms with Crippen LogP contribution in [0.25, 0.3) is 0 Å². The van der Waals surface area contributed by atoms with Gasteiger partial charge in [0.1, 0.15) is 6.20 Å². The van der Waals surface area contributed by atoms with Gasteiger partial charge in [0, 0.05) is 6.92 Å². The third-order valence-corrected chi connectivity index (χ3v) is 0.915. The van der Waals surface area contributed by atoms with Crippen molar-refractivity contribution in [2.75, 3.05) is 5.84 Å². The van der Waals surface area contributed by atoms with Crippen molar-refractivity contribution in [3.63, 3.8) is 0 Å². The Balaban J connectivity index is 3.12. The molecule has 0 unspecified atom stereocenters.